The molecule has 112 valence electrons. The van der Waals surface area contributed by atoms with Gasteiger partial charge in [0.25, 0.3) is 0 Å². The van der Waals surface area contributed by atoms with Crippen LogP contribution >= 0.6 is 11.8 Å². The smallest absolute Gasteiger partial charge is 0.168 e. The summed E-state index contributed by atoms with van der Waals surface area (Å²) in [5.74, 6) is 0.934. The summed E-state index contributed by atoms with van der Waals surface area (Å²) in [6.45, 7) is 0. The van der Waals surface area contributed by atoms with Crippen LogP contribution in [0, 0.1) is 5.82 Å². The lowest BCUT2D eigenvalue weighted by molar-refractivity contribution is 0.383. The number of ether oxygens (including phenoxy) is 1. The second-order valence-corrected chi connectivity index (χ2v) is 6.82. The molecule has 1 atom stereocenters. The van der Waals surface area contributed by atoms with E-state index in [9.17, 15) is 4.39 Å². The molecule has 0 aliphatic heterocycles. The molecule has 2 nitrogen and oxygen atoms in total. The van der Waals surface area contributed by atoms with Crippen LogP contribution in [0.3, 0.4) is 0 Å². The molecule has 1 fully saturated rings. The van der Waals surface area contributed by atoms with Crippen molar-refractivity contribution >= 4 is 11.8 Å². The Morgan fingerprint density at radius 3 is 2.80 bits per heavy atom. The van der Waals surface area contributed by atoms with Crippen LogP contribution in [0.1, 0.15) is 37.7 Å². The largest absolute Gasteiger partial charge is 0.494 e. The minimum Gasteiger partial charge on any atom is -0.494 e. The molecular weight excluding hydrogens is 273 g/mol. The predicted octanol–water partition coefficient (Wildman–Crippen LogP) is 3.77. The first-order valence-corrected chi connectivity index (χ1v) is 8.44. The Hall–Kier alpha value is -0.740. The van der Waals surface area contributed by atoms with Gasteiger partial charge in [-0.1, -0.05) is 31.4 Å². The lowest BCUT2D eigenvalue weighted by atomic mass is 10.0. The van der Waals surface area contributed by atoms with Crippen molar-refractivity contribution in [3.05, 3.63) is 29.6 Å². The van der Waals surface area contributed by atoms with Crippen molar-refractivity contribution in [3.8, 4) is 5.75 Å². The molecule has 20 heavy (non-hydrogen) atoms. The number of hydrogen-bond donors (Lipinski definition) is 1. The van der Waals surface area contributed by atoms with E-state index in [1.807, 2.05) is 17.8 Å². The summed E-state index contributed by atoms with van der Waals surface area (Å²) in [4.78, 5) is 0. The molecule has 0 bridgehead atoms. The van der Waals surface area contributed by atoms with Crippen molar-refractivity contribution in [1.82, 2.24) is 0 Å². The molecule has 0 heterocycles. The standard InChI is InChI=1S/C16H24FNOS/c1-19-15-9-5-6-12(16(15)17)10-13(18)11-20-14-7-3-2-4-8-14/h5-6,9,13-14H,2-4,7-8,10-11,18H2,1H3. The molecule has 0 spiro atoms. The maximum absolute atomic E-state index is 14.0. The van der Waals surface area contributed by atoms with E-state index in [2.05, 4.69) is 0 Å². The Morgan fingerprint density at radius 1 is 1.35 bits per heavy atom. The van der Waals surface area contributed by atoms with Crippen LogP contribution in [0.25, 0.3) is 0 Å². The highest BCUT2D eigenvalue weighted by molar-refractivity contribution is 7.99. The van der Waals surface area contributed by atoms with Crippen LogP contribution in [0.15, 0.2) is 18.2 Å². The van der Waals surface area contributed by atoms with E-state index in [1.54, 1.807) is 12.1 Å². The molecule has 0 amide bonds. The van der Waals surface area contributed by atoms with Gasteiger partial charge in [0, 0.05) is 17.0 Å². The van der Waals surface area contributed by atoms with Crippen LogP contribution in [0.5, 0.6) is 5.75 Å². The Morgan fingerprint density at radius 2 is 2.10 bits per heavy atom. The summed E-state index contributed by atoms with van der Waals surface area (Å²) >= 11 is 1.96. The Bertz CT molecular complexity index is 421. The molecule has 0 aromatic heterocycles. The molecule has 4 heteroatoms. The van der Waals surface area contributed by atoms with Crippen LogP contribution in [0.4, 0.5) is 4.39 Å². The van der Waals surface area contributed by atoms with E-state index < -0.39 is 0 Å². The average molecular weight is 297 g/mol. The summed E-state index contributed by atoms with van der Waals surface area (Å²) in [6, 6.07) is 5.26. The van der Waals surface area contributed by atoms with E-state index in [0.717, 1.165) is 11.0 Å². The predicted molar refractivity (Wildman–Crippen MR) is 84.0 cm³/mol. The number of benzene rings is 1. The van der Waals surface area contributed by atoms with Gasteiger partial charge in [-0.15, -0.1) is 0 Å². The number of hydrogen-bond acceptors (Lipinski definition) is 3. The van der Waals surface area contributed by atoms with Crippen molar-refractivity contribution in [2.45, 2.75) is 49.8 Å². The summed E-state index contributed by atoms with van der Waals surface area (Å²) in [5.41, 5.74) is 6.81. The SMILES string of the molecule is COc1cccc(CC(N)CSC2CCCCC2)c1F. The third-order valence-electron chi connectivity index (χ3n) is 3.84. The molecule has 0 radical (unpaired) electrons. The van der Waals surface area contributed by atoms with Gasteiger partial charge in [-0.2, -0.15) is 11.8 Å². The van der Waals surface area contributed by atoms with Gasteiger partial charge in [0.05, 0.1) is 7.11 Å². The molecule has 2 N–H and O–H groups in total. The van der Waals surface area contributed by atoms with Gasteiger partial charge < -0.3 is 10.5 Å². The first kappa shape index (κ1) is 15.6. The summed E-state index contributed by atoms with van der Waals surface area (Å²) in [5, 5.41) is 0.755. The summed E-state index contributed by atoms with van der Waals surface area (Å²) < 4.78 is 19.0. The third kappa shape index (κ3) is 4.38. The molecular formula is C16H24FNOS. The van der Waals surface area contributed by atoms with E-state index in [0.29, 0.717) is 17.7 Å². The van der Waals surface area contributed by atoms with Crippen molar-refractivity contribution < 1.29 is 9.13 Å². The molecule has 2 rings (SSSR count). The molecule has 0 saturated heterocycles. The first-order chi connectivity index (χ1) is 9.70. The van der Waals surface area contributed by atoms with Crippen LogP contribution in [0.2, 0.25) is 0 Å². The van der Waals surface area contributed by atoms with Gasteiger partial charge in [-0.3, -0.25) is 0 Å². The van der Waals surface area contributed by atoms with Crippen LogP contribution in [-0.2, 0) is 6.42 Å². The number of methoxy groups -OCH3 is 1. The Balaban J connectivity index is 1.83. The van der Waals surface area contributed by atoms with Crippen LogP contribution in [-0.4, -0.2) is 24.2 Å². The van der Waals surface area contributed by atoms with Gasteiger partial charge in [0.1, 0.15) is 0 Å². The maximum Gasteiger partial charge on any atom is 0.168 e. The molecule has 1 aliphatic carbocycles. The van der Waals surface area contributed by atoms with Crippen molar-refractivity contribution in [3.63, 3.8) is 0 Å². The minimum absolute atomic E-state index is 0.00327. The topological polar surface area (TPSA) is 35.2 Å². The van der Waals surface area contributed by atoms with E-state index >= 15 is 0 Å². The Labute approximate surface area is 125 Å². The van der Waals surface area contributed by atoms with Gasteiger partial charge >= 0.3 is 0 Å². The molecule has 1 aromatic carbocycles. The van der Waals surface area contributed by atoms with Crippen molar-refractivity contribution in [2.75, 3.05) is 12.9 Å². The Kier molecular flexibility index (Phi) is 6.17. The van der Waals surface area contributed by atoms with Crippen molar-refractivity contribution in [1.29, 1.82) is 0 Å². The lowest BCUT2D eigenvalue weighted by Crippen LogP contribution is -2.27. The number of halogens is 1. The van der Waals surface area contributed by atoms with Crippen molar-refractivity contribution in [2.24, 2.45) is 5.73 Å². The quantitative estimate of drug-likeness (QED) is 0.868. The highest BCUT2D eigenvalue weighted by Crippen LogP contribution is 2.29. The number of nitrogens with two attached hydrogens (primary N) is 1. The minimum atomic E-state index is -0.270. The van der Waals surface area contributed by atoms with E-state index in [1.165, 1.54) is 39.2 Å². The fourth-order valence-corrected chi connectivity index (χ4v) is 4.01. The second-order valence-electron chi connectivity index (χ2n) is 5.49. The van der Waals surface area contributed by atoms with Gasteiger partial charge in [-0.05, 0) is 30.9 Å². The lowest BCUT2D eigenvalue weighted by Gasteiger charge is -2.22. The zero-order valence-corrected chi connectivity index (χ0v) is 12.9. The molecule has 1 saturated carbocycles. The first-order valence-electron chi connectivity index (χ1n) is 7.39. The maximum atomic E-state index is 14.0. The molecule has 1 aromatic rings. The fraction of sp³-hybridized carbons (Fsp3) is 0.625. The van der Waals surface area contributed by atoms with Gasteiger partial charge in [-0.25, -0.2) is 4.39 Å². The zero-order chi connectivity index (χ0) is 14.4. The monoisotopic (exact) mass is 297 g/mol. The second kappa shape index (κ2) is 7.89. The third-order valence-corrected chi connectivity index (χ3v) is 5.41. The fourth-order valence-electron chi connectivity index (χ4n) is 2.70. The number of rotatable bonds is 6. The summed E-state index contributed by atoms with van der Waals surface area (Å²) in [6.07, 6.45) is 7.26. The van der Waals surface area contributed by atoms with Gasteiger partial charge in [0.15, 0.2) is 11.6 Å². The normalized spacial score (nSPS) is 17.9. The zero-order valence-electron chi connectivity index (χ0n) is 12.1. The molecule has 1 aliphatic rings. The number of thioether (sulfide) groups is 1. The van der Waals surface area contributed by atoms with Crippen LogP contribution < -0.4 is 10.5 Å². The highest BCUT2D eigenvalue weighted by atomic mass is 32.2. The van der Waals surface area contributed by atoms with E-state index in [4.69, 9.17) is 10.5 Å². The van der Waals surface area contributed by atoms with E-state index in [-0.39, 0.29) is 11.9 Å². The average Bonchev–Trinajstić information content (AvgIpc) is 2.48. The molecule has 1 unspecified atom stereocenters. The highest BCUT2D eigenvalue weighted by Gasteiger charge is 2.17. The van der Waals surface area contributed by atoms with Gasteiger partial charge in [0.2, 0.25) is 0 Å². The summed E-state index contributed by atoms with van der Waals surface area (Å²) in [7, 11) is 1.49.